The van der Waals surface area contributed by atoms with Gasteiger partial charge in [0.25, 0.3) is 0 Å². The third kappa shape index (κ3) is 5.47. The summed E-state index contributed by atoms with van der Waals surface area (Å²) in [5, 5.41) is 2.95. The number of benzene rings is 3. The van der Waals surface area contributed by atoms with Crippen LogP contribution in [0, 0.1) is 0 Å². The smallest absolute Gasteiger partial charge is 0.326 e. The molecule has 0 saturated heterocycles. The number of rotatable bonds is 6. The van der Waals surface area contributed by atoms with E-state index in [2.05, 4.69) is 21.2 Å². The zero-order valence-electron chi connectivity index (χ0n) is 15.5. The van der Waals surface area contributed by atoms with Crippen molar-refractivity contribution in [3.05, 3.63) is 95.0 Å². The number of amides is 2. The summed E-state index contributed by atoms with van der Waals surface area (Å²) in [5.41, 5.74) is 2.61. The highest BCUT2D eigenvalue weighted by atomic mass is 79.9. The molecule has 4 nitrogen and oxygen atoms in total. The zero-order chi connectivity index (χ0) is 19.8. The number of hydrogen-bond acceptors (Lipinski definition) is 2. The van der Waals surface area contributed by atoms with Crippen LogP contribution in [0.4, 0.5) is 16.2 Å². The SMILES string of the molecule is COc1ccc(N(CC=Cc2ccccc2)C(=O)Nc2ccc(Br)cc2)cc1. The molecule has 3 rings (SSSR count). The Morgan fingerprint density at radius 1 is 1.00 bits per heavy atom. The van der Waals surface area contributed by atoms with E-state index in [0.29, 0.717) is 6.54 Å². The van der Waals surface area contributed by atoms with Crippen LogP contribution in [0.3, 0.4) is 0 Å². The van der Waals surface area contributed by atoms with E-state index in [1.165, 1.54) is 0 Å². The summed E-state index contributed by atoms with van der Waals surface area (Å²) in [4.78, 5) is 14.6. The predicted octanol–water partition coefficient (Wildman–Crippen LogP) is 6.21. The largest absolute Gasteiger partial charge is 0.497 e. The maximum absolute atomic E-state index is 12.9. The maximum Gasteiger partial charge on any atom is 0.326 e. The third-order valence-electron chi connectivity index (χ3n) is 4.12. The summed E-state index contributed by atoms with van der Waals surface area (Å²) in [6.45, 7) is 0.434. The lowest BCUT2D eigenvalue weighted by atomic mass is 10.2. The van der Waals surface area contributed by atoms with Crippen molar-refractivity contribution in [1.29, 1.82) is 0 Å². The van der Waals surface area contributed by atoms with Crippen LogP contribution in [0.1, 0.15) is 5.56 Å². The molecule has 0 aliphatic rings. The van der Waals surface area contributed by atoms with Gasteiger partial charge in [0.15, 0.2) is 0 Å². The van der Waals surface area contributed by atoms with E-state index in [1.807, 2.05) is 91.0 Å². The van der Waals surface area contributed by atoms with Crippen LogP contribution in [0.25, 0.3) is 6.08 Å². The van der Waals surface area contributed by atoms with Gasteiger partial charge in [-0.05, 0) is 54.1 Å². The Hall–Kier alpha value is -3.05. The minimum Gasteiger partial charge on any atom is -0.497 e. The second-order valence-corrected chi connectivity index (χ2v) is 6.97. The normalized spacial score (nSPS) is 10.6. The highest BCUT2D eigenvalue weighted by molar-refractivity contribution is 9.10. The van der Waals surface area contributed by atoms with Crippen LogP contribution in [-0.4, -0.2) is 19.7 Å². The van der Waals surface area contributed by atoms with Crippen molar-refractivity contribution in [1.82, 2.24) is 0 Å². The zero-order valence-corrected chi connectivity index (χ0v) is 17.1. The van der Waals surface area contributed by atoms with E-state index < -0.39 is 0 Å². The Bertz CT molecular complexity index is 923. The first-order valence-corrected chi connectivity index (χ1v) is 9.65. The summed E-state index contributed by atoms with van der Waals surface area (Å²) in [5.74, 6) is 0.747. The minimum atomic E-state index is -0.204. The van der Waals surface area contributed by atoms with E-state index in [0.717, 1.165) is 27.2 Å². The number of carbonyl (C=O) groups is 1. The van der Waals surface area contributed by atoms with E-state index in [-0.39, 0.29) is 6.03 Å². The number of anilines is 2. The maximum atomic E-state index is 12.9. The molecule has 0 aliphatic carbocycles. The number of carbonyl (C=O) groups excluding carboxylic acids is 1. The minimum absolute atomic E-state index is 0.204. The first kappa shape index (κ1) is 19.7. The fourth-order valence-corrected chi connectivity index (χ4v) is 2.91. The number of nitrogens with zero attached hydrogens (tertiary/aromatic N) is 1. The van der Waals surface area contributed by atoms with Crippen molar-refractivity contribution in [3.63, 3.8) is 0 Å². The second-order valence-electron chi connectivity index (χ2n) is 6.06. The average Bonchev–Trinajstić information content (AvgIpc) is 2.74. The van der Waals surface area contributed by atoms with Gasteiger partial charge in [0.2, 0.25) is 0 Å². The molecule has 0 fully saturated rings. The van der Waals surface area contributed by atoms with Gasteiger partial charge in [0.05, 0.1) is 7.11 Å². The van der Waals surface area contributed by atoms with Crippen LogP contribution in [0.15, 0.2) is 89.4 Å². The first-order chi connectivity index (χ1) is 13.7. The van der Waals surface area contributed by atoms with Crippen molar-refractivity contribution < 1.29 is 9.53 Å². The first-order valence-electron chi connectivity index (χ1n) is 8.85. The number of hydrogen-bond donors (Lipinski definition) is 1. The molecule has 142 valence electrons. The van der Waals surface area contributed by atoms with Gasteiger partial charge < -0.3 is 10.1 Å². The molecular formula is C23H21BrN2O2. The average molecular weight is 437 g/mol. The Morgan fingerprint density at radius 2 is 1.68 bits per heavy atom. The fourth-order valence-electron chi connectivity index (χ4n) is 2.65. The van der Waals surface area contributed by atoms with Crippen molar-refractivity contribution >= 4 is 39.4 Å². The predicted molar refractivity (Wildman–Crippen MR) is 119 cm³/mol. The number of halogens is 1. The molecule has 5 heteroatoms. The van der Waals surface area contributed by atoms with E-state index in [9.17, 15) is 4.79 Å². The number of nitrogens with one attached hydrogen (secondary N) is 1. The van der Waals surface area contributed by atoms with Gasteiger partial charge in [-0.15, -0.1) is 0 Å². The third-order valence-corrected chi connectivity index (χ3v) is 4.65. The molecule has 0 atom stereocenters. The molecule has 0 radical (unpaired) electrons. The van der Waals surface area contributed by atoms with Gasteiger partial charge in [-0.1, -0.05) is 58.4 Å². The molecule has 0 aromatic heterocycles. The highest BCUT2D eigenvalue weighted by Crippen LogP contribution is 2.21. The van der Waals surface area contributed by atoms with Crippen LogP contribution in [-0.2, 0) is 0 Å². The van der Waals surface area contributed by atoms with Crippen LogP contribution >= 0.6 is 15.9 Å². The van der Waals surface area contributed by atoms with Crippen LogP contribution in [0.5, 0.6) is 5.75 Å². The van der Waals surface area contributed by atoms with E-state index in [4.69, 9.17) is 4.74 Å². The van der Waals surface area contributed by atoms with E-state index >= 15 is 0 Å². The lowest BCUT2D eigenvalue weighted by Crippen LogP contribution is -2.35. The Labute approximate surface area is 173 Å². The van der Waals surface area contributed by atoms with Crippen molar-refractivity contribution in [2.75, 3.05) is 23.9 Å². The Kier molecular flexibility index (Phi) is 6.87. The molecule has 0 spiro atoms. The van der Waals surface area contributed by atoms with Gasteiger partial charge >= 0.3 is 6.03 Å². The number of urea groups is 1. The number of ether oxygens (including phenoxy) is 1. The number of methoxy groups -OCH3 is 1. The van der Waals surface area contributed by atoms with Crippen LogP contribution < -0.4 is 15.0 Å². The molecule has 1 N–H and O–H groups in total. The Balaban J connectivity index is 1.79. The molecule has 0 aliphatic heterocycles. The monoisotopic (exact) mass is 436 g/mol. The van der Waals surface area contributed by atoms with Gasteiger partial charge in [-0.2, -0.15) is 0 Å². The molecule has 3 aromatic carbocycles. The van der Waals surface area contributed by atoms with Crippen molar-refractivity contribution in [2.45, 2.75) is 0 Å². The molecular weight excluding hydrogens is 416 g/mol. The van der Waals surface area contributed by atoms with E-state index in [1.54, 1.807) is 12.0 Å². The summed E-state index contributed by atoms with van der Waals surface area (Å²) >= 11 is 3.40. The fraction of sp³-hybridized carbons (Fsp3) is 0.0870. The lowest BCUT2D eigenvalue weighted by Gasteiger charge is -2.22. The molecule has 0 saturated carbocycles. The molecule has 0 heterocycles. The molecule has 28 heavy (non-hydrogen) atoms. The van der Waals surface area contributed by atoms with Crippen LogP contribution in [0.2, 0.25) is 0 Å². The molecule has 3 aromatic rings. The lowest BCUT2D eigenvalue weighted by molar-refractivity contribution is 0.257. The van der Waals surface area contributed by atoms with Gasteiger partial charge in [0.1, 0.15) is 5.75 Å². The quantitative estimate of drug-likeness (QED) is 0.498. The molecule has 0 bridgehead atoms. The molecule has 0 unspecified atom stereocenters. The van der Waals surface area contributed by atoms with Crippen molar-refractivity contribution in [3.8, 4) is 5.75 Å². The summed E-state index contributed by atoms with van der Waals surface area (Å²) in [6.07, 6.45) is 3.98. The van der Waals surface area contributed by atoms with Gasteiger partial charge in [-0.3, -0.25) is 4.90 Å². The standard InChI is InChI=1S/C23H21BrN2O2/c1-28-22-15-13-21(14-16-22)26(17-5-8-18-6-3-2-4-7-18)23(27)25-20-11-9-19(24)10-12-20/h2-16H,17H2,1H3,(H,25,27). The van der Waals surface area contributed by atoms with Gasteiger partial charge in [0, 0.05) is 22.4 Å². The second kappa shape index (κ2) is 9.76. The van der Waals surface area contributed by atoms with Gasteiger partial charge in [-0.25, -0.2) is 4.79 Å². The molecule has 2 amide bonds. The summed E-state index contributed by atoms with van der Waals surface area (Å²) < 4.78 is 6.18. The summed E-state index contributed by atoms with van der Waals surface area (Å²) in [7, 11) is 1.62. The highest BCUT2D eigenvalue weighted by Gasteiger charge is 2.15. The topological polar surface area (TPSA) is 41.6 Å². The Morgan fingerprint density at radius 3 is 2.32 bits per heavy atom. The summed E-state index contributed by atoms with van der Waals surface area (Å²) in [6, 6.07) is 24.7. The van der Waals surface area contributed by atoms with Crippen molar-refractivity contribution in [2.24, 2.45) is 0 Å².